The summed E-state index contributed by atoms with van der Waals surface area (Å²) < 4.78 is 0. The summed E-state index contributed by atoms with van der Waals surface area (Å²) in [4.78, 5) is 4.05. The molecule has 0 aliphatic rings. The van der Waals surface area contributed by atoms with E-state index in [0.717, 1.165) is 13.0 Å². The van der Waals surface area contributed by atoms with Crippen molar-refractivity contribution in [1.82, 2.24) is 4.98 Å². The third-order valence-corrected chi connectivity index (χ3v) is 1.49. The average molecular weight is 166 g/mol. The molecule has 0 saturated heterocycles. The number of pyridine rings is 1. The largest absolute Gasteiger partial charge is 0.396 e. The van der Waals surface area contributed by atoms with Crippen molar-refractivity contribution in [3.05, 3.63) is 12.1 Å². The molecule has 0 amide bonds. The molecule has 1 rings (SSSR count). The van der Waals surface area contributed by atoms with E-state index in [4.69, 9.17) is 11.5 Å². The van der Waals surface area contributed by atoms with Crippen molar-refractivity contribution in [2.75, 3.05) is 23.3 Å². The van der Waals surface area contributed by atoms with Gasteiger partial charge in [-0.3, -0.25) is 0 Å². The normalized spacial score (nSPS) is 9.75. The lowest BCUT2D eigenvalue weighted by molar-refractivity contribution is 0.971. The van der Waals surface area contributed by atoms with Crippen LogP contribution in [-0.4, -0.2) is 11.5 Å². The van der Waals surface area contributed by atoms with Crippen LogP contribution in [-0.2, 0) is 0 Å². The van der Waals surface area contributed by atoms with Crippen LogP contribution >= 0.6 is 0 Å². The highest BCUT2D eigenvalue weighted by Crippen LogP contribution is 2.15. The SMILES string of the molecule is CCCNc1nc(N)ccc1N. The van der Waals surface area contributed by atoms with Crippen LogP contribution in [0.2, 0.25) is 0 Å². The van der Waals surface area contributed by atoms with Gasteiger partial charge in [-0.2, -0.15) is 0 Å². The molecule has 0 unspecified atom stereocenters. The number of nitrogens with one attached hydrogen (secondary N) is 1. The van der Waals surface area contributed by atoms with E-state index >= 15 is 0 Å². The second-order valence-corrected chi connectivity index (χ2v) is 2.60. The Balaban J connectivity index is 2.75. The first-order chi connectivity index (χ1) is 5.74. The number of hydrogen-bond donors (Lipinski definition) is 3. The highest BCUT2D eigenvalue weighted by Gasteiger charge is 1.98. The van der Waals surface area contributed by atoms with Gasteiger partial charge in [0.1, 0.15) is 5.82 Å². The molecule has 0 spiro atoms. The van der Waals surface area contributed by atoms with Crippen molar-refractivity contribution in [1.29, 1.82) is 0 Å². The zero-order valence-electron chi connectivity index (χ0n) is 7.17. The molecule has 0 aliphatic carbocycles. The number of anilines is 3. The minimum Gasteiger partial charge on any atom is -0.396 e. The molecule has 12 heavy (non-hydrogen) atoms. The minimum absolute atomic E-state index is 0.489. The van der Waals surface area contributed by atoms with Crippen molar-refractivity contribution in [3.63, 3.8) is 0 Å². The van der Waals surface area contributed by atoms with Crippen LogP contribution in [0.25, 0.3) is 0 Å². The summed E-state index contributed by atoms with van der Waals surface area (Å²) in [6.07, 6.45) is 1.04. The van der Waals surface area contributed by atoms with Crippen LogP contribution in [0.15, 0.2) is 12.1 Å². The highest BCUT2D eigenvalue weighted by molar-refractivity contribution is 5.63. The molecule has 0 aromatic carbocycles. The number of aromatic nitrogens is 1. The summed E-state index contributed by atoms with van der Waals surface area (Å²) in [5, 5.41) is 3.09. The lowest BCUT2D eigenvalue weighted by Gasteiger charge is -2.06. The van der Waals surface area contributed by atoms with Gasteiger partial charge in [0.15, 0.2) is 5.82 Å². The fraction of sp³-hybridized carbons (Fsp3) is 0.375. The van der Waals surface area contributed by atoms with Crippen LogP contribution in [0.5, 0.6) is 0 Å². The smallest absolute Gasteiger partial charge is 0.151 e. The Hall–Kier alpha value is -1.45. The van der Waals surface area contributed by atoms with Gasteiger partial charge in [-0.1, -0.05) is 6.92 Å². The van der Waals surface area contributed by atoms with Crippen LogP contribution in [0, 0.1) is 0 Å². The zero-order chi connectivity index (χ0) is 8.97. The van der Waals surface area contributed by atoms with Crippen molar-refractivity contribution < 1.29 is 0 Å². The van der Waals surface area contributed by atoms with Gasteiger partial charge in [0.25, 0.3) is 0 Å². The molecule has 4 nitrogen and oxygen atoms in total. The maximum atomic E-state index is 5.65. The van der Waals surface area contributed by atoms with Crippen LogP contribution < -0.4 is 16.8 Å². The second kappa shape index (κ2) is 3.80. The van der Waals surface area contributed by atoms with E-state index in [9.17, 15) is 0 Å². The predicted molar refractivity (Wildman–Crippen MR) is 51.8 cm³/mol. The fourth-order valence-electron chi connectivity index (χ4n) is 0.870. The molecule has 66 valence electrons. The Labute approximate surface area is 72.0 Å². The molecule has 5 N–H and O–H groups in total. The lowest BCUT2D eigenvalue weighted by atomic mass is 10.3. The first kappa shape index (κ1) is 8.64. The Morgan fingerprint density at radius 1 is 1.42 bits per heavy atom. The minimum atomic E-state index is 0.489. The van der Waals surface area contributed by atoms with Gasteiger partial charge in [-0.15, -0.1) is 0 Å². The predicted octanol–water partition coefficient (Wildman–Crippen LogP) is 1.07. The summed E-state index contributed by atoms with van der Waals surface area (Å²) in [5.41, 5.74) is 11.8. The maximum absolute atomic E-state index is 5.65. The Kier molecular flexibility index (Phi) is 2.74. The Bertz CT molecular complexity index is 259. The van der Waals surface area contributed by atoms with Crippen molar-refractivity contribution in [2.45, 2.75) is 13.3 Å². The Morgan fingerprint density at radius 3 is 2.83 bits per heavy atom. The van der Waals surface area contributed by atoms with E-state index in [-0.39, 0.29) is 0 Å². The summed E-state index contributed by atoms with van der Waals surface area (Å²) in [6.45, 7) is 2.94. The van der Waals surface area contributed by atoms with Gasteiger partial charge < -0.3 is 16.8 Å². The highest BCUT2D eigenvalue weighted by atomic mass is 15.0. The lowest BCUT2D eigenvalue weighted by Crippen LogP contribution is -2.06. The molecule has 1 aromatic rings. The van der Waals surface area contributed by atoms with Gasteiger partial charge >= 0.3 is 0 Å². The topological polar surface area (TPSA) is 77.0 Å². The van der Waals surface area contributed by atoms with Crippen LogP contribution in [0.1, 0.15) is 13.3 Å². The van der Waals surface area contributed by atoms with E-state index in [1.165, 1.54) is 0 Å². The summed E-state index contributed by atoms with van der Waals surface area (Å²) in [7, 11) is 0. The molecular weight excluding hydrogens is 152 g/mol. The van der Waals surface area contributed by atoms with Crippen molar-refractivity contribution in [2.24, 2.45) is 0 Å². The molecule has 0 fully saturated rings. The molecule has 0 bridgehead atoms. The Morgan fingerprint density at radius 2 is 2.17 bits per heavy atom. The number of nitrogens with two attached hydrogens (primary N) is 2. The number of rotatable bonds is 3. The summed E-state index contributed by atoms with van der Waals surface area (Å²) in [6, 6.07) is 3.44. The van der Waals surface area contributed by atoms with Gasteiger partial charge in [0.05, 0.1) is 5.69 Å². The quantitative estimate of drug-likeness (QED) is 0.627. The molecular formula is C8H14N4. The van der Waals surface area contributed by atoms with Crippen molar-refractivity contribution in [3.8, 4) is 0 Å². The first-order valence-corrected chi connectivity index (χ1v) is 4.00. The van der Waals surface area contributed by atoms with Gasteiger partial charge in [0, 0.05) is 6.54 Å². The summed E-state index contributed by atoms with van der Waals surface area (Å²) in [5.74, 6) is 1.17. The fourth-order valence-corrected chi connectivity index (χ4v) is 0.870. The third-order valence-electron chi connectivity index (χ3n) is 1.49. The van der Waals surface area contributed by atoms with E-state index in [1.807, 2.05) is 0 Å². The standard InChI is InChI=1S/C8H14N4/c1-2-5-11-8-6(9)3-4-7(10)12-8/h3-4H,2,5,9H2,1H3,(H3,10,11,12). The van der Waals surface area contributed by atoms with E-state index in [0.29, 0.717) is 17.3 Å². The molecule has 1 aromatic heterocycles. The second-order valence-electron chi connectivity index (χ2n) is 2.60. The van der Waals surface area contributed by atoms with Crippen LogP contribution in [0.4, 0.5) is 17.3 Å². The molecule has 0 aliphatic heterocycles. The van der Waals surface area contributed by atoms with E-state index in [1.54, 1.807) is 12.1 Å². The first-order valence-electron chi connectivity index (χ1n) is 4.00. The number of nitrogens with zero attached hydrogens (tertiary/aromatic N) is 1. The molecule has 0 radical (unpaired) electrons. The zero-order valence-corrected chi connectivity index (χ0v) is 7.17. The van der Waals surface area contributed by atoms with Gasteiger partial charge in [-0.25, -0.2) is 4.98 Å². The van der Waals surface area contributed by atoms with E-state index in [2.05, 4.69) is 17.2 Å². The maximum Gasteiger partial charge on any atom is 0.151 e. The van der Waals surface area contributed by atoms with Crippen molar-refractivity contribution >= 4 is 17.3 Å². The average Bonchev–Trinajstić information content (AvgIpc) is 2.07. The molecule has 0 saturated carbocycles. The third kappa shape index (κ3) is 2.02. The number of hydrogen-bond acceptors (Lipinski definition) is 4. The monoisotopic (exact) mass is 166 g/mol. The number of nitrogen functional groups attached to an aromatic ring is 2. The molecule has 1 heterocycles. The van der Waals surface area contributed by atoms with Crippen LogP contribution in [0.3, 0.4) is 0 Å². The molecule has 0 atom stereocenters. The van der Waals surface area contributed by atoms with E-state index < -0.39 is 0 Å². The van der Waals surface area contributed by atoms with Gasteiger partial charge in [0.2, 0.25) is 0 Å². The van der Waals surface area contributed by atoms with Gasteiger partial charge in [-0.05, 0) is 18.6 Å². The summed E-state index contributed by atoms with van der Waals surface area (Å²) >= 11 is 0. The molecule has 4 heteroatoms.